The molecule has 1 saturated carbocycles. The zero-order valence-electron chi connectivity index (χ0n) is 21.1. The third-order valence-corrected chi connectivity index (χ3v) is 8.36. The smallest absolute Gasteiger partial charge is 0.316 e. The number of hydrogen-bond acceptors (Lipinski definition) is 5. The van der Waals surface area contributed by atoms with Gasteiger partial charge in [-0.3, -0.25) is 14.7 Å². The van der Waals surface area contributed by atoms with Crippen LogP contribution >= 0.6 is 35.0 Å². The van der Waals surface area contributed by atoms with Crippen molar-refractivity contribution in [2.75, 3.05) is 11.1 Å². The van der Waals surface area contributed by atoms with Crippen LogP contribution in [-0.2, 0) is 9.53 Å². The van der Waals surface area contributed by atoms with Crippen LogP contribution in [0.25, 0.3) is 11.3 Å². The van der Waals surface area contributed by atoms with Crippen molar-refractivity contribution in [3.05, 3.63) is 64.1 Å². The van der Waals surface area contributed by atoms with Crippen molar-refractivity contribution < 1.29 is 14.3 Å². The number of benzene rings is 2. The quantitative estimate of drug-likeness (QED) is 0.218. The fourth-order valence-corrected chi connectivity index (χ4v) is 6.13. The first-order valence-corrected chi connectivity index (χ1v) is 14.2. The van der Waals surface area contributed by atoms with E-state index in [1.807, 2.05) is 12.1 Å². The molecule has 1 aliphatic carbocycles. The Morgan fingerprint density at radius 2 is 1.95 bits per heavy atom. The first-order chi connectivity index (χ1) is 17.7. The van der Waals surface area contributed by atoms with Gasteiger partial charge in [0.1, 0.15) is 6.10 Å². The summed E-state index contributed by atoms with van der Waals surface area (Å²) in [6.07, 6.45) is 3.13. The van der Waals surface area contributed by atoms with E-state index in [-0.39, 0.29) is 23.7 Å². The number of amides is 1. The molecule has 0 saturated heterocycles. The van der Waals surface area contributed by atoms with Crippen molar-refractivity contribution >= 4 is 52.7 Å². The zero-order valence-corrected chi connectivity index (χ0v) is 23.4. The molecule has 37 heavy (non-hydrogen) atoms. The van der Waals surface area contributed by atoms with E-state index in [4.69, 9.17) is 27.9 Å². The van der Waals surface area contributed by atoms with Crippen molar-refractivity contribution in [2.45, 2.75) is 51.0 Å². The molecule has 0 bridgehead atoms. The molecular formula is C28H31Cl2N3O3S. The van der Waals surface area contributed by atoms with Gasteiger partial charge < -0.3 is 10.1 Å². The molecule has 1 heterocycles. The van der Waals surface area contributed by atoms with Crippen molar-refractivity contribution in [3.8, 4) is 11.3 Å². The number of esters is 1. The number of ether oxygens (including phenoxy) is 1. The van der Waals surface area contributed by atoms with Gasteiger partial charge in [-0.1, -0.05) is 62.5 Å². The molecule has 2 N–H and O–H groups in total. The number of nitrogens with one attached hydrogen (secondary N) is 2. The predicted octanol–water partition coefficient (Wildman–Crippen LogP) is 7.73. The number of halogens is 2. The molecule has 0 radical (unpaired) electrons. The Morgan fingerprint density at radius 3 is 2.70 bits per heavy atom. The number of aromatic nitrogens is 2. The zero-order chi connectivity index (χ0) is 26.5. The van der Waals surface area contributed by atoms with Gasteiger partial charge in [0.15, 0.2) is 5.82 Å². The van der Waals surface area contributed by atoms with E-state index in [9.17, 15) is 9.59 Å². The van der Waals surface area contributed by atoms with Gasteiger partial charge in [0.05, 0.1) is 22.0 Å². The molecule has 1 aromatic heterocycles. The van der Waals surface area contributed by atoms with Gasteiger partial charge in [-0.15, -0.1) is 11.8 Å². The average molecular weight is 561 g/mol. The normalized spacial score (nSPS) is 19.6. The fourth-order valence-electron chi connectivity index (χ4n) is 4.79. The van der Waals surface area contributed by atoms with Gasteiger partial charge >= 0.3 is 5.97 Å². The summed E-state index contributed by atoms with van der Waals surface area (Å²) in [6.45, 7) is 6.60. The third-order valence-electron chi connectivity index (χ3n) is 6.76. The number of hydrogen-bond donors (Lipinski definition) is 2. The Bertz CT molecular complexity index is 1260. The summed E-state index contributed by atoms with van der Waals surface area (Å²) in [7, 11) is 0. The van der Waals surface area contributed by atoms with Crippen molar-refractivity contribution in [1.82, 2.24) is 10.2 Å². The van der Waals surface area contributed by atoms with E-state index in [2.05, 4.69) is 36.3 Å². The van der Waals surface area contributed by atoms with Gasteiger partial charge in [0, 0.05) is 21.5 Å². The minimum absolute atomic E-state index is 0.0432. The number of nitrogens with zero attached hydrogens (tertiary/aromatic N) is 1. The molecule has 4 rings (SSSR count). The lowest BCUT2D eigenvalue weighted by molar-refractivity contribution is -0.152. The summed E-state index contributed by atoms with van der Waals surface area (Å²) in [6, 6.07) is 14.1. The molecule has 3 aromatic rings. The van der Waals surface area contributed by atoms with Crippen LogP contribution in [0.3, 0.4) is 0 Å². The largest absolute Gasteiger partial charge is 0.461 e. The van der Waals surface area contributed by atoms with Gasteiger partial charge in [-0.2, -0.15) is 5.10 Å². The fraction of sp³-hybridized carbons (Fsp3) is 0.393. The van der Waals surface area contributed by atoms with Crippen LogP contribution in [0.4, 0.5) is 5.82 Å². The van der Waals surface area contributed by atoms with Crippen LogP contribution in [-0.4, -0.2) is 33.9 Å². The van der Waals surface area contributed by atoms with Gasteiger partial charge in [0.2, 0.25) is 0 Å². The van der Waals surface area contributed by atoms with Crippen LogP contribution in [0.15, 0.2) is 53.4 Å². The number of thioether (sulfide) groups is 1. The highest BCUT2D eigenvalue weighted by molar-refractivity contribution is 8.00. The maximum atomic E-state index is 13.1. The number of H-pyrrole nitrogens is 1. The summed E-state index contributed by atoms with van der Waals surface area (Å²) in [4.78, 5) is 26.5. The summed E-state index contributed by atoms with van der Waals surface area (Å²) < 4.78 is 5.92. The van der Waals surface area contributed by atoms with E-state index >= 15 is 0 Å². The minimum atomic E-state index is -0.322. The molecule has 0 aliphatic heterocycles. The summed E-state index contributed by atoms with van der Waals surface area (Å²) in [5.41, 5.74) is 1.83. The first kappa shape index (κ1) is 27.6. The molecule has 3 atom stereocenters. The van der Waals surface area contributed by atoms with Crippen LogP contribution in [0.1, 0.15) is 50.4 Å². The Balaban J connectivity index is 1.38. The molecule has 0 spiro atoms. The molecule has 9 heteroatoms. The number of carbonyl (C=O) groups excluding carboxylic acids is 2. The van der Waals surface area contributed by atoms with Crippen molar-refractivity contribution in [2.24, 2.45) is 17.8 Å². The van der Waals surface area contributed by atoms with Crippen LogP contribution in [0.5, 0.6) is 0 Å². The molecule has 1 amide bonds. The van der Waals surface area contributed by atoms with Gasteiger partial charge in [0.25, 0.3) is 5.91 Å². The Hall–Kier alpha value is -2.48. The molecule has 3 unspecified atom stereocenters. The van der Waals surface area contributed by atoms with Crippen LogP contribution in [0, 0.1) is 17.8 Å². The second-order valence-electron chi connectivity index (χ2n) is 9.88. The van der Waals surface area contributed by atoms with E-state index in [0.29, 0.717) is 49.8 Å². The number of anilines is 1. The van der Waals surface area contributed by atoms with E-state index < -0.39 is 0 Å². The van der Waals surface area contributed by atoms with E-state index in [1.165, 1.54) is 18.2 Å². The predicted molar refractivity (Wildman–Crippen MR) is 150 cm³/mol. The van der Waals surface area contributed by atoms with E-state index in [0.717, 1.165) is 18.4 Å². The number of aromatic amines is 1. The Kier molecular flexibility index (Phi) is 9.22. The van der Waals surface area contributed by atoms with Crippen LogP contribution in [0.2, 0.25) is 10.0 Å². The lowest BCUT2D eigenvalue weighted by Crippen LogP contribution is -2.36. The Labute approximate surface area is 231 Å². The highest BCUT2D eigenvalue weighted by Gasteiger charge is 2.33. The second-order valence-corrected chi connectivity index (χ2v) is 11.7. The third kappa shape index (κ3) is 7.09. The Morgan fingerprint density at radius 1 is 1.16 bits per heavy atom. The lowest BCUT2D eigenvalue weighted by Gasteiger charge is -2.36. The topological polar surface area (TPSA) is 84.1 Å². The molecule has 196 valence electrons. The monoisotopic (exact) mass is 559 g/mol. The van der Waals surface area contributed by atoms with Crippen molar-refractivity contribution in [1.29, 1.82) is 0 Å². The minimum Gasteiger partial charge on any atom is -0.461 e. The summed E-state index contributed by atoms with van der Waals surface area (Å²) >= 11 is 13.6. The molecule has 1 fully saturated rings. The lowest BCUT2D eigenvalue weighted by atomic mass is 9.75. The van der Waals surface area contributed by atoms with Crippen LogP contribution < -0.4 is 5.32 Å². The second kappa shape index (κ2) is 12.4. The van der Waals surface area contributed by atoms with Gasteiger partial charge in [-0.25, -0.2) is 0 Å². The molecule has 6 nitrogen and oxygen atoms in total. The average Bonchev–Trinajstić information content (AvgIpc) is 3.30. The van der Waals surface area contributed by atoms with E-state index in [1.54, 1.807) is 36.4 Å². The van der Waals surface area contributed by atoms with Crippen molar-refractivity contribution in [3.63, 3.8) is 0 Å². The summed E-state index contributed by atoms with van der Waals surface area (Å²) in [5, 5.41) is 10.9. The maximum absolute atomic E-state index is 13.1. The first-order valence-electron chi connectivity index (χ1n) is 12.4. The number of carbonyl (C=O) groups is 2. The standard InChI is InChI=1S/C28H31Cl2N3O3S/c1-16(2)19-10-8-17(3)12-24(19)36-27(34)15-37-25-7-5-4-6-21(25)28(35)31-26-14-23(32-33-26)20-11-9-18(29)13-22(20)30/h4-7,9,11,13-14,16-17,19,24H,8,10,12,15H2,1-3H3,(H2,31,32,33,35). The highest BCUT2D eigenvalue weighted by atomic mass is 35.5. The SMILES string of the molecule is CC1CCC(C(C)C)C(OC(=O)CSc2ccccc2C(=O)Nc2cc(-c3ccc(Cl)cc3Cl)[nH]n2)C1. The highest BCUT2D eigenvalue weighted by Crippen LogP contribution is 2.36. The summed E-state index contributed by atoms with van der Waals surface area (Å²) in [5.74, 6) is 1.35. The van der Waals surface area contributed by atoms with Gasteiger partial charge in [-0.05, 0) is 60.9 Å². The molecule has 1 aliphatic rings. The maximum Gasteiger partial charge on any atom is 0.316 e. The number of rotatable bonds is 8. The molecular weight excluding hydrogens is 529 g/mol. The molecule has 2 aromatic carbocycles.